The summed E-state index contributed by atoms with van der Waals surface area (Å²) in [5.41, 5.74) is 0.636. The molecule has 1 aromatic heterocycles. The summed E-state index contributed by atoms with van der Waals surface area (Å²) < 4.78 is 1.64. The fourth-order valence-electron chi connectivity index (χ4n) is 2.41. The Morgan fingerprint density at radius 2 is 2.41 bits per heavy atom. The van der Waals surface area contributed by atoms with Crippen molar-refractivity contribution in [3.8, 4) is 0 Å². The van der Waals surface area contributed by atoms with Crippen molar-refractivity contribution in [2.45, 2.75) is 31.7 Å². The molecule has 5 nitrogen and oxygen atoms in total. The molecule has 1 unspecified atom stereocenters. The van der Waals surface area contributed by atoms with Gasteiger partial charge >= 0.3 is 0 Å². The van der Waals surface area contributed by atoms with E-state index in [0.29, 0.717) is 12.0 Å². The molecule has 1 saturated heterocycles. The molecule has 94 valence electrons. The van der Waals surface area contributed by atoms with E-state index in [0.717, 1.165) is 25.8 Å². The lowest BCUT2D eigenvalue weighted by atomic mass is 9.99. The van der Waals surface area contributed by atoms with E-state index < -0.39 is 0 Å². The van der Waals surface area contributed by atoms with Crippen molar-refractivity contribution < 1.29 is 9.90 Å². The lowest BCUT2D eigenvalue weighted by molar-refractivity contribution is 0.0574. The Bertz CT molecular complexity index is 387. The maximum absolute atomic E-state index is 12.3. The van der Waals surface area contributed by atoms with E-state index in [1.165, 1.54) is 0 Å². The average Bonchev–Trinajstić information content (AvgIpc) is 2.76. The summed E-state index contributed by atoms with van der Waals surface area (Å²) in [5.74, 6) is 0.0382. The van der Waals surface area contributed by atoms with Crippen LogP contribution in [0.25, 0.3) is 0 Å². The zero-order chi connectivity index (χ0) is 12.3. The van der Waals surface area contributed by atoms with Gasteiger partial charge in [0.2, 0.25) is 0 Å². The highest BCUT2D eigenvalue weighted by atomic mass is 16.3. The maximum atomic E-state index is 12.3. The minimum absolute atomic E-state index is 0.0382. The van der Waals surface area contributed by atoms with Crippen molar-refractivity contribution >= 4 is 5.91 Å². The van der Waals surface area contributed by atoms with E-state index in [4.69, 9.17) is 5.11 Å². The highest BCUT2D eigenvalue weighted by Crippen LogP contribution is 2.21. The number of aliphatic hydroxyl groups excluding tert-OH is 1. The molecule has 0 aliphatic carbocycles. The maximum Gasteiger partial charge on any atom is 0.257 e. The monoisotopic (exact) mass is 237 g/mol. The van der Waals surface area contributed by atoms with Crippen molar-refractivity contribution in [2.75, 3.05) is 13.2 Å². The summed E-state index contributed by atoms with van der Waals surface area (Å²) in [6.07, 6.45) is 7.20. The van der Waals surface area contributed by atoms with Crippen LogP contribution in [-0.4, -0.2) is 44.9 Å². The van der Waals surface area contributed by atoms with E-state index in [1.807, 2.05) is 4.90 Å². The number of hydrogen-bond acceptors (Lipinski definition) is 3. The number of amides is 1. The van der Waals surface area contributed by atoms with Gasteiger partial charge in [-0.25, -0.2) is 0 Å². The van der Waals surface area contributed by atoms with Gasteiger partial charge in [0.05, 0.1) is 11.8 Å². The van der Waals surface area contributed by atoms with Crippen LogP contribution in [-0.2, 0) is 7.05 Å². The highest BCUT2D eigenvalue weighted by molar-refractivity contribution is 5.94. The van der Waals surface area contributed by atoms with E-state index in [2.05, 4.69) is 5.10 Å². The predicted octanol–water partition coefficient (Wildman–Crippen LogP) is 0.797. The fourth-order valence-corrected chi connectivity index (χ4v) is 2.41. The van der Waals surface area contributed by atoms with Crippen molar-refractivity contribution in [1.29, 1.82) is 0 Å². The largest absolute Gasteiger partial charge is 0.396 e. The van der Waals surface area contributed by atoms with Crippen LogP contribution in [0.4, 0.5) is 0 Å². The second-order valence-electron chi connectivity index (χ2n) is 4.56. The molecule has 0 saturated carbocycles. The van der Waals surface area contributed by atoms with Gasteiger partial charge in [-0.05, 0) is 25.7 Å². The second kappa shape index (κ2) is 5.31. The fraction of sp³-hybridized carbons (Fsp3) is 0.667. The van der Waals surface area contributed by atoms with Crippen LogP contribution in [0.5, 0.6) is 0 Å². The minimum atomic E-state index is 0.0382. The van der Waals surface area contributed by atoms with Crippen LogP contribution in [0.3, 0.4) is 0 Å². The summed E-state index contributed by atoms with van der Waals surface area (Å²) in [5, 5.41) is 13.1. The molecule has 1 atom stereocenters. The van der Waals surface area contributed by atoms with Crippen molar-refractivity contribution in [3.63, 3.8) is 0 Å². The smallest absolute Gasteiger partial charge is 0.257 e. The first kappa shape index (κ1) is 12.1. The average molecular weight is 237 g/mol. The van der Waals surface area contributed by atoms with Gasteiger partial charge in [0.25, 0.3) is 5.91 Å². The SMILES string of the molecule is Cn1cc(C(=O)N2CCCCC2CCO)cn1. The van der Waals surface area contributed by atoms with Gasteiger partial charge in [-0.2, -0.15) is 5.10 Å². The van der Waals surface area contributed by atoms with Crippen LogP contribution >= 0.6 is 0 Å². The van der Waals surface area contributed by atoms with E-state index in [1.54, 1.807) is 24.1 Å². The summed E-state index contributed by atoms with van der Waals surface area (Å²) in [7, 11) is 1.80. The second-order valence-corrected chi connectivity index (χ2v) is 4.56. The summed E-state index contributed by atoms with van der Waals surface area (Å²) in [4.78, 5) is 14.2. The molecular weight excluding hydrogens is 218 g/mol. The first-order chi connectivity index (χ1) is 8.22. The number of likely N-dealkylation sites (tertiary alicyclic amines) is 1. The van der Waals surface area contributed by atoms with Gasteiger partial charge in [0.15, 0.2) is 0 Å². The molecule has 1 aliphatic rings. The Hall–Kier alpha value is -1.36. The standard InChI is InChI=1S/C12H19N3O2/c1-14-9-10(8-13-14)12(17)15-6-3-2-4-11(15)5-7-16/h8-9,11,16H,2-7H2,1H3. The molecule has 1 N–H and O–H groups in total. The van der Waals surface area contributed by atoms with Crippen molar-refractivity contribution in [2.24, 2.45) is 7.05 Å². The van der Waals surface area contributed by atoms with Crippen molar-refractivity contribution in [3.05, 3.63) is 18.0 Å². The quantitative estimate of drug-likeness (QED) is 0.846. The number of rotatable bonds is 3. The molecule has 1 amide bonds. The van der Waals surface area contributed by atoms with Crippen molar-refractivity contribution in [1.82, 2.24) is 14.7 Å². The molecule has 17 heavy (non-hydrogen) atoms. The van der Waals surface area contributed by atoms with E-state index in [-0.39, 0.29) is 18.6 Å². The lowest BCUT2D eigenvalue weighted by Crippen LogP contribution is -2.44. The Morgan fingerprint density at radius 3 is 3.06 bits per heavy atom. The van der Waals surface area contributed by atoms with Crippen LogP contribution in [0.1, 0.15) is 36.0 Å². The van der Waals surface area contributed by atoms with Gasteiger partial charge in [0.1, 0.15) is 0 Å². The predicted molar refractivity (Wildman–Crippen MR) is 63.6 cm³/mol. The third-order valence-corrected chi connectivity index (χ3v) is 3.30. The Morgan fingerprint density at radius 1 is 1.59 bits per heavy atom. The number of carbonyl (C=O) groups is 1. The molecule has 0 aromatic carbocycles. The topological polar surface area (TPSA) is 58.4 Å². The lowest BCUT2D eigenvalue weighted by Gasteiger charge is -2.35. The van der Waals surface area contributed by atoms with Gasteiger partial charge in [-0.3, -0.25) is 9.48 Å². The van der Waals surface area contributed by atoms with E-state index in [9.17, 15) is 4.79 Å². The third-order valence-electron chi connectivity index (χ3n) is 3.30. The van der Waals surface area contributed by atoms with Gasteiger partial charge in [0, 0.05) is 32.4 Å². The van der Waals surface area contributed by atoms with Crippen LogP contribution in [0.2, 0.25) is 0 Å². The number of nitrogens with zero attached hydrogens (tertiary/aromatic N) is 3. The molecule has 0 bridgehead atoms. The van der Waals surface area contributed by atoms with Crippen LogP contribution in [0.15, 0.2) is 12.4 Å². The first-order valence-electron chi connectivity index (χ1n) is 6.13. The zero-order valence-corrected chi connectivity index (χ0v) is 10.2. The Labute approximate surface area is 101 Å². The molecule has 1 fully saturated rings. The zero-order valence-electron chi connectivity index (χ0n) is 10.2. The van der Waals surface area contributed by atoms with Gasteiger partial charge in [-0.1, -0.05) is 0 Å². The molecule has 2 heterocycles. The van der Waals surface area contributed by atoms with Gasteiger partial charge in [-0.15, -0.1) is 0 Å². The van der Waals surface area contributed by atoms with Crippen LogP contribution < -0.4 is 0 Å². The van der Waals surface area contributed by atoms with Gasteiger partial charge < -0.3 is 10.0 Å². The van der Waals surface area contributed by atoms with E-state index >= 15 is 0 Å². The summed E-state index contributed by atoms with van der Waals surface area (Å²) in [6.45, 7) is 0.930. The number of hydrogen-bond donors (Lipinski definition) is 1. The normalized spacial score (nSPS) is 20.6. The summed E-state index contributed by atoms with van der Waals surface area (Å²) in [6, 6.07) is 0.182. The molecule has 5 heteroatoms. The number of piperidine rings is 1. The summed E-state index contributed by atoms with van der Waals surface area (Å²) >= 11 is 0. The number of aromatic nitrogens is 2. The number of carbonyl (C=O) groups excluding carboxylic acids is 1. The number of aryl methyl sites for hydroxylation is 1. The molecular formula is C12H19N3O2. The minimum Gasteiger partial charge on any atom is -0.396 e. The highest BCUT2D eigenvalue weighted by Gasteiger charge is 2.27. The van der Waals surface area contributed by atoms with Crippen LogP contribution in [0, 0.1) is 0 Å². The number of aliphatic hydroxyl groups is 1. The Balaban J connectivity index is 2.10. The molecule has 0 spiro atoms. The molecule has 0 radical (unpaired) electrons. The Kier molecular flexibility index (Phi) is 3.78. The molecule has 2 rings (SSSR count). The molecule has 1 aliphatic heterocycles. The molecule has 1 aromatic rings. The first-order valence-corrected chi connectivity index (χ1v) is 6.13. The third kappa shape index (κ3) is 2.66.